The lowest BCUT2D eigenvalue weighted by molar-refractivity contribution is -0.154. The Hall–Kier alpha value is -2.37. The van der Waals surface area contributed by atoms with Crippen LogP contribution in [-0.2, 0) is 20.9 Å². The molecular formula is C12H13N3O3. The number of carbonyl (C=O) groups excluding carboxylic acids is 2. The van der Waals surface area contributed by atoms with Crippen LogP contribution >= 0.6 is 0 Å². The molecule has 2 N–H and O–H groups in total. The summed E-state index contributed by atoms with van der Waals surface area (Å²) in [5, 5.41) is 5.03. The number of aromatic nitrogens is 2. The number of primary amides is 1. The lowest BCUT2D eigenvalue weighted by atomic mass is 10.3. The molecule has 6 nitrogen and oxygen atoms in total. The summed E-state index contributed by atoms with van der Waals surface area (Å²) in [6, 6.07) is 7.50. The zero-order valence-corrected chi connectivity index (χ0v) is 9.87. The molecule has 2 aromatic rings. The largest absolute Gasteiger partial charge is 0.451 e. The summed E-state index contributed by atoms with van der Waals surface area (Å²) in [6.07, 6.45) is 0.736. The minimum atomic E-state index is -0.931. The van der Waals surface area contributed by atoms with Crippen molar-refractivity contribution >= 4 is 22.8 Å². The summed E-state index contributed by atoms with van der Waals surface area (Å²) in [5.74, 6) is -1.22. The zero-order chi connectivity index (χ0) is 13.1. The van der Waals surface area contributed by atoms with Gasteiger partial charge in [0.2, 0.25) is 0 Å². The van der Waals surface area contributed by atoms with E-state index in [9.17, 15) is 9.59 Å². The van der Waals surface area contributed by atoms with Crippen LogP contribution in [0.4, 0.5) is 0 Å². The number of esters is 1. The number of amides is 1. The van der Waals surface area contributed by atoms with E-state index < -0.39 is 18.0 Å². The summed E-state index contributed by atoms with van der Waals surface area (Å²) in [4.78, 5) is 22.4. The third-order valence-electron chi connectivity index (χ3n) is 2.54. The smallest absolute Gasteiger partial charge is 0.328 e. The second-order valence-corrected chi connectivity index (χ2v) is 3.90. The van der Waals surface area contributed by atoms with Crippen LogP contribution in [0.3, 0.4) is 0 Å². The van der Waals surface area contributed by atoms with E-state index >= 15 is 0 Å². The molecule has 1 aromatic carbocycles. The summed E-state index contributed by atoms with van der Waals surface area (Å²) in [7, 11) is 0. The standard InChI is InChI=1S/C12H13N3O3/c1-8(12(13)17)18-11(16)7-15-10-5-3-2-4-9(10)6-14-15/h2-6,8H,7H2,1H3,(H2,13,17). The molecule has 1 aromatic heterocycles. The average Bonchev–Trinajstić information content (AvgIpc) is 2.72. The quantitative estimate of drug-likeness (QED) is 0.795. The van der Waals surface area contributed by atoms with Crippen molar-refractivity contribution in [3.05, 3.63) is 30.5 Å². The molecule has 6 heteroatoms. The van der Waals surface area contributed by atoms with Gasteiger partial charge in [-0.15, -0.1) is 0 Å². The number of para-hydroxylation sites is 1. The molecule has 1 heterocycles. The molecule has 0 fully saturated rings. The van der Waals surface area contributed by atoms with E-state index in [1.807, 2.05) is 24.3 Å². The minimum Gasteiger partial charge on any atom is -0.451 e. The lowest BCUT2D eigenvalue weighted by Crippen LogP contribution is -2.31. The Balaban J connectivity index is 2.10. The van der Waals surface area contributed by atoms with Gasteiger partial charge in [-0.1, -0.05) is 18.2 Å². The Kier molecular flexibility index (Phi) is 3.27. The molecule has 0 aliphatic rings. The van der Waals surface area contributed by atoms with Crippen LogP contribution in [0, 0.1) is 0 Å². The number of nitrogens with two attached hydrogens (primary N) is 1. The maximum Gasteiger partial charge on any atom is 0.328 e. The molecule has 0 aliphatic heterocycles. The Morgan fingerprint density at radius 2 is 2.17 bits per heavy atom. The average molecular weight is 247 g/mol. The number of carbonyl (C=O) groups is 2. The van der Waals surface area contributed by atoms with E-state index in [1.165, 1.54) is 11.6 Å². The van der Waals surface area contributed by atoms with Crippen LogP contribution in [0.25, 0.3) is 10.9 Å². The first-order valence-electron chi connectivity index (χ1n) is 5.47. The van der Waals surface area contributed by atoms with E-state index in [0.717, 1.165) is 10.9 Å². The maximum absolute atomic E-state index is 11.6. The van der Waals surface area contributed by atoms with Gasteiger partial charge in [0.1, 0.15) is 6.54 Å². The van der Waals surface area contributed by atoms with Gasteiger partial charge in [-0.3, -0.25) is 14.3 Å². The van der Waals surface area contributed by atoms with Crippen molar-refractivity contribution in [1.82, 2.24) is 9.78 Å². The Morgan fingerprint density at radius 3 is 2.89 bits per heavy atom. The molecule has 0 spiro atoms. The van der Waals surface area contributed by atoms with Crippen LogP contribution in [-0.4, -0.2) is 27.8 Å². The molecule has 1 amide bonds. The Morgan fingerprint density at radius 1 is 1.44 bits per heavy atom. The monoisotopic (exact) mass is 247 g/mol. The molecule has 0 bridgehead atoms. The second-order valence-electron chi connectivity index (χ2n) is 3.90. The van der Waals surface area contributed by atoms with Gasteiger partial charge in [0.05, 0.1) is 11.7 Å². The number of benzene rings is 1. The van der Waals surface area contributed by atoms with Crippen LogP contribution in [0.2, 0.25) is 0 Å². The molecular weight excluding hydrogens is 234 g/mol. The van der Waals surface area contributed by atoms with E-state index in [1.54, 1.807) is 6.20 Å². The topological polar surface area (TPSA) is 87.2 Å². The predicted molar refractivity (Wildman–Crippen MR) is 64.5 cm³/mol. The van der Waals surface area contributed by atoms with Gasteiger partial charge >= 0.3 is 5.97 Å². The molecule has 18 heavy (non-hydrogen) atoms. The van der Waals surface area contributed by atoms with E-state index in [0.29, 0.717) is 0 Å². The number of hydrogen-bond donors (Lipinski definition) is 1. The molecule has 0 saturated carbocycles. The summed E-state index contributed by atoms with van der Waals surface area (Å²) < 4.78 is 6.38. The van der Waals surface area contributed by atoms with Gasteiger partial charge < -0.3 is 10.5 Å². The van der Waals surface area contributed by atoms with Gasteiger partial charge in [-0.25, -0.2) is 0 Å². The highest BCUT2D eigenvalue weighted by molar-refractivity contribution is 5.83. The molecule has 0 aliphatic carbocycles. The number of fused-ring (bicyclic) bond motifs is 1. The fourth-order valence-corrected chi connectivity index (χ4v) is 1.57. The highest BCUT2D eigenvalue weighted by Gasteiger charge is 2.15. The predicted octanol–water partition coefficient (Wildman–Crippen LogP) is 0.453. The number of nitrogens with zero attached hydrogens (tertiary/aromatic N) is 2. The fourth-order valence-electron chi connectivity index (χ4n) is 1.57. The number of hydrogen-bond acceptors (Lipinski definition) is 4. The van der Waals surface area contributed by atoms with Crippen LogP contribution in [0.5, 0.6) is 0 Å². The van der Waals surface area contributed by atoms with Crippen molar-refractivity contribution in [3.63, 3.8) is 0 Å². The molecule has 0 saturated heterocycles. The summed E-state index contributed by atoms with van der Waals surface area (Å²) >= 11 is 0. The Bertz CT molecular complexity index is 591. The summed E-state index contributed by atoms with van der Waals surface area (Å²) in [6.45, 7) is 1.38. The molecule has 2 rings (SSSR count). The van der Waals surface area contributed by atoms with Gasteiger partial charge in [-0.2, -0.15) is 5.10 Å². The number of rotatable bonds is 4. The third-order valence-corrected chi connectivity index (χ3v) is 2.54. The van der Waals surface area contributed by atoms with Crippen molar-refractivity contribution in [3.8, 4) is 0 Å². The second kappa shape index (κ2) is 4.87. The van der Waals surface area contributed by atoms with Gasteiger partial charge in [0.25, 0.3) is 5.91 Å². The van der Waals surface area contributed by atoms with Crippen molar-refractivity contribution in [2.75, 3.05) is 0 Å². The first-order chi connectivity index (χ1) is 8.58. The van der Waals surface area contributed by atoms with Crippen molar-refractivity contribution in [1.29, 1.82) is 0 Å². The van der Waals surface area contributed by atoms with E-state index in [2.05, 4.69) is 5.10 Å². The van der Waals surface area contributed by atoms with Crippen molar-refractivity contribution < 1.29 is 14.3 Å². The molecule has 1 unspecified atom stereocenters. The zero-order valence-electron chi connectivity index (χ0n) is 9.87. The van der Waals surface area contributed by atoms with Gasteiger partial charge in [0.15, 0.2) is 6.10 Å². The van der Waals surface area contributed by atoms with Gasteiger partial charge in [-0.05, 0) is 13.0 Å². The van der Waals surface area contributed by atoms with E-state index in [-0.39, 0.29) is 6.54 Å². The minimum absolute atomic E-state index is 0.0505. The molecule has 0 radical (unpaired) electrons. The van der Waals surface area contributed by atoms with Crippen molar-refractivity contribution in [2.24, 2.45) is 5.73 Å². The Labute approximate surface area is 103 Å². The highest BCUT2D eigenvalue weighted by atomic mass is 16.5. The molecule has 1 atom stereocenters. The fraction of sp³-hybridized carbons (Fsp3) is 0.250. The first kappa shape index (κ1) is 12.1. The lowest BCUT2D eigenvalue weighted by Gasteiger charge is -2.09. The van der Waals surface area contributed by atoms with Crippen molar-refractivity contribution in [2.45, 2.75) is 19.6 Å². The highest BCUT2D eigenvalue weighted by Crippen LogP contribution is 2.12. The van der Waals surface area contributed by atoms with Crippen LogP contribution < -0.4 is 5.73 Å². The summed E-state index contributed by atoms with van der Waals surface area (Å²) in [5.41, 5.74) is 5.84. The first-order valence-corrected chi connectivity index (χ1v) is 5.47. The number of ether oxygens (including phenoxy) is 1. The SMILES string of the molecule is CC(OC(=O)Cn1ncc2ccccc21)C(N)=O. The normalized spacial score (nSPS) is 12.3. The van der Waals surface area contributed by atoms with E-state index in [4.69, 9.17) is 10.5 Å². The van der Waals surface area contributed by atoms with Crippen LogP contribution in [0.15, 0.2) is 30.5 Å². The van der Waals surface area contributed by atoms with Crippen LogP contribution in [0.1, 0.15) is 6.92 Å². The third kappa shape index (κ3) is 2.48. The van der Waals surface area contributed by atoms with Gasteiger partial charge in [0, 0.05) is 5.39 Å². The molecule has 94 valence electrons. The maximum atomic E-state index is 11.6.